The number of hydrazine groups is 1. The average Bonchev–Trinajstić information content (AvgIpc) is 4.00. The molecule has 0 radical (unpaired) electrons. The lowest BCUT2D eigenvalue weighted by Crippen LogP contribution is -2.69. The molecule has 0 saturated carbocycles. The number of nitrogens with zero attached hydrogens (tertiary/aromatic N) is 7. The van der Waals surface area contributed by atoms with Crippen molar-refractivity contribution in [2.75, 3.05) is 54.0 Å². The van der Waals surface area contributed by atoms with Crippen molar-refractivity contribution in [3.05, 3.63) is 58.2 Å². The number of likely N-dealkylation sites (N-methyl/N-ethyl adjacent to an activating group) is 2. The monoisotopic (exact) mass is 912 g/mol. The minimum Gasteiger partial charge on any atom is -0.375 e. The highest BCUT2D eigenvalue weighted by Gasteiger charge is 2.52. The van der Waals surface area contributed by atoms with Crippen LogP contribution in [-0.4, -0.2) is 141 Å². The fourth-order valence-electron chi connectivity index (χ4n) is 10.9. The summed E-state index contributed by atoms with van der Waals surface area (Å²) < 4.78 is 14.7. The van der Waals surface area contributed by atoms with Crippen molar-refractivity contribution in [1.29, 1.82) is 0 Å². The number of nitrogens with one attached hydrogen (secondary N) is 2. The smallest absolute Gasteiger partial charge is 0.320 e. The lowest BCUT2D eigenvalue weighted by Gasteiger charge is -2.52. The van der Waals surface area contributed by atoms with E-state index < -0.39 is 35.2 Å². The van der Waals surface area contributed by atoms with Gasteiger partial charge in [-0.1, -0.05) is 33.8 Å². The summed E-state index contributed by atoms with van der Waals surface area (Å²) in [7, 11) is 5.47. The van der Waals surface area contributed by atoms with E-state index in [-0.39, 0.29) is 42.5 Å². The quantitative estimate of drug-likeness (QED) is 0.185. The Labute approximate surface area is 387 Å². The molecule has 8 rings (SSSR count). The predicted molar refractivity (Wildman–Crippen MR) is 253 cm³/mol. The van der Waals surface area contributed by atoms with Crippen molar-refractivity contribution < 1.29 is 29.0 Å². The van der Waals surface area contributed by atoms with Gasteiger partial charge in [0, 0.05) is 86.9 Å². The third kappa shape index (κ3) is 9.06. The number of hydrogen-bond acceptors (Lipinski definition) is 11. The normalized spacial score (nSPS) is 24.5. The Bertz CT molecular complexity index is 2400. The summed E-state index contributed by atoms with van der Waals surface area (Å²) in [5.41, 5.74) is 9.52. The second-order valence-electron chi connectivity index (χ2n) is 20.2. The van der Waals surface area contributed by atoms with Gasteiger partial charge in [-0.3, -0.25) is 19.6 Å². The van der Waals surface area contributed by atoms with Gasteiger partial charge in [-0.15, -0.1) is 11.3 Å². The number of carbonyl (C=O) groups excluding carboxylic acids is 3. The summed E-state index contributed by atoms with van der Waals surface area (Å²) in [4.78, 5) is 59.3. The van der Waals surface area contributed by atoms with Crippen LogP contribution in [0.15, 0.2) is 41.9 Å². The molecule has 4 amide bonds. The molecule has 5 atom stereocenters. The van der Waals surface area contributed by atoms with Gasteiger partial charge in [-0.05, 0) is 101 Å². The fraction of sp³-hybridized carbons (Fsp3) is 0.612. The summed E-state index contributed by atoms with van der Waals surface area (Å²) >= 11 is 1.45. The molecule has 15 nitrogen and oxygen atoms in total. The molecule has 3 fully saturated rings. The van der Waals surface area contributed by atoms with Crippen LogP contribution >= 0.6 is 11.3 Å². The van der Waals surface area contributed by atoms with E-state index in [2.05, 4.69) is 72.3 Å². The molecule has 1 spiro atoms. The Morgan fingerprint density at radius 3 is 2.62 bits per heavy atom. The Hall–Kier alpha value is -4.45. The van der Waals surface area contributed by atoms with Crippen molar-refractivity contribution in [2.24, 2.45) is 11.3 Å². The zero-order valence-electron chi connectivity index (χ0n) is 39.9. The van der Waals surface area contributed by atoms with Gasteiger partial charge in [-0.2, -0.15) is 0 Å². The molecule has 3 aromatic heterocycles. The standard InChI is InChI=1S/C49H69N9O6S/c1-11-56-38-18-17-32-23-34(38)35(43(56)33-15-12-20-50-41(33)31(4)63-10)25-47(5,6)29-64-48(7,62)39-16-13-22-58(53-39)45(60)36(24-40-51-37(32)26-65-40)52-44(59)42(30(2)3)55(9)46(61)57-21-14-19-49(57)27-54(8)28-49/h12,15,17-18,20,23,26,30-31,36,39,42,53,62H,11,13-14,16,19,21-22,24-25,27-29H2,1-10H3,(H,52,59)/t31-,36-,39-,42-,48?/m0/s1. The van der Waals surface area contributed by atoms with Crippen LogP contribution in [0.4, 0.5) is 4.79 Å². The average molecular weight is 912 g/mol. The summed E-state index contributed by atoms with van der Waals surface area (Å²) in [6, 6.07) is 7.94. The van der Waals surface area contributed by atoms with Crippen LogP contribution in [-0.2, 0) is 38.4 Å². The minimum absolute atomic E-state index is 0.133. The number of fused-ring (bicyclic) bond motifs is 6. The van der Waals surface area contributed by atoms with Crippen LogP contribution in [0.5, 0.6) is 0 Å². The van der Waals surface area contributed by atoms with Crippen molar-refractivity contribution in [2.45, 2.75) is 129 Å². The summed E-state index contributed by atoms with van der Waals surface area (Å²) in [6.45, 7) is 17.6. The molecule has 4 aliphatic heterocycles. The number of aromatic nitrogens is 3. The number of aliphatic hydroxyl groups is 1. The number of benzene rings is 1. The molecule has 16 heteroatoms. The summed E-state index contributed by atoms with van der Waals surface area (Å²) in [5.74, 6) is -2.63. The molecule has 7 heterocycles. The number of aryl methyl sites for hydroxylation is 1. The van der Waals surface area contributed by atoms with Crippen molar-refractivity contribution in [3.63, 3.8) is 0 Å². The van der Waals surface area contributed by atoms with Crippen LogP contribution in [0, 0.1) is 11.3 Å². The SMILES string of the molecule is CCn1c(-c2cccnc2[C@H](C)OC)c2c3cc(ccc31)-c1csc(n1)C[C@H](NC(=O)[C@H](C(C)C)N(C)C(=O)N1CCCC13CN(C)C3)C(=O)N1CCC[C@H](N1)C(C)(O)OCC(C)(C)C2. The third-order valence-electron chi connectivity index (χ3n) is 14.2. The van der Waals surface area contributed by atoms with Gasteiger partial charge in [0.1, 0.15) is 12.1 Å². The van der Waals surface area contributed by atoms with Crippen molar-refractivity contribution in [3.8, 4) is 22.5 Å². The zero-order chi connectivity index (χ0) is 46.6. The Morgan fingerprint density at radius 1 is 1.14 bits per heavy atom. The number of thiazole rings is 1. The number of methoxy groups -OCH3 is 1. The van der Waals surface area contributed by atoms with Crippen LogP contribution in [0.1, 0.15) is 96.5 Å². The van der Waals surface area contributed by atoms with E-state index in [1.807, 2.05) is 43.3 Å². The molecule has 3 N–H and O–H groups in total. The summed E-state index contributed by atoms with van der Waals surface area (Å²) in [5, 5.41) is 20.5. The van der Waals surface area contributed by atoms with E-state index in [1.165, 1.54) is 16.3 Å². The van der Waals surface area contributed by atoms with E-state index >= 15 is 0 Å². The Balaban J connectivity index is 1.18. The Morgan fingerprint density at radius 2 is 1.91 bits per heavy atom. The second kappa shape index (κ2) is 18.3. The molecule has 4 aromatic rings. The molecule has 0 aliphatic carbocycles. The van der Waals surface area contributed by atoms with Gasteiger partial charge in [-0.25, -0.2) is 15.2 Å². The predicted octanol–water partition coefficient (Wildman–Crippen LogP) is 6.24. The third-order valence-corrected chi connectivity index (χ3v) is 15.1. The molecule has 65 heavy (non-hydrogen) atoms. The van der Waals surface area contributed by atoms with E-state index in [1.54, 1.807) is 26.0 Å². The second-order valence-corrected chi connectivity index (χ2v) is 21.2. The molecule has 4 aliphatic rings. The minimum atomic E-state index is -1.64. The van der Waals surface area contributed by atoms with Gasteiger partial charge in [0.05, 0.1) is 46.4 Å². The number of rotatable bonds is 8. The van der Waals surface area contributed by atoms with Gasteiger partial charge >= 0.3 is 6.03 Å². The first-order valence-electron chi connectivity index (χ1n) is 23.4. The zero-order valence-corrected chi connectivity index (χ0v) is 40.8. The van der Waals surface area contributed by atoms with E-state index in [9.17, 15) is 19.5 Å². The van der Waals surface area contributed by atoms with E-state index in [0.717, 1.165) is 77.2 Å². The number of amides is 4. The van der Waals surface area contributed by atoms with E-state index in [4.69, 9.17) is 19.4 Å². The summed E-state index contributed by atoms with van der Waals surface area (Å²) in [6.07, 6.45) is 5.39. The topological polar surface area (TPSA) is 158 Å². The molecule has 352 valence electrons. The molecule has 1 unspecified atom stereocenters. The molecular weight excluding hydrogens is 843 g/mol. The number of likely N-dealkylation sites (tertiary alicyclic amines) is 2. The van der Waals surface area contributed by atoms with E-state index in [0.29, 0.717) is 37.4 Å². The number of pyridine rings is 1. The lowest BCUT2D eigenvalue weighted by molar-refractivity contribution is -0.234. The largest absolute Gasteiger partial charge is 0.375 e. The molecular formula is C49H69N9O6S. The van der Waals surface area contributed by atoms with Crippen LogP contribution < -0.4 is 10.7 Å². The lowest BCUT2D eigenvalue weighted by atomic mass is 9.84. The maximum atomic E-state index is 14.8. The first-order chi connectivity index (χ1) is 30.9. The first kappa shape index (κ1) is 47.1. The first-order valence-corrected chi connectivity index (χ1v) is 24.3. The van der Waals surface area contributed by atoms with Crippen LogP contribution in [0.3, 0.4) is 0 Å². The number of ether oxygens (including phenoxy) is 2. The highest BCUT2D eigenvalue weighted by Crippen LogP contribution is 2.43. The Kier molecular flexibility index (Phi) is 13.3. The maximum absolute atomic E-state index is 14.8. The van der Waals surface area contributed by atoms with Crippen molar-refractivity contribution >= 4 is 40.1 Å². The highest BCUT2D eigenvalue weighted by atomic mass is 32.1. The van der Waals surface area contributed by atoms with Crippen LogP contribution in [0.25, 0.3) is 33.4 Å². The highest BCUT2D eigenvalue weighted by molar-refractivity contribution is 7.10. The number of hydrogen-bond donors (Lipinski definition) is 3. The number of urea groups is 1. The van der Waals surface area contributed by atoms with Crippen molar-refractivity contribution in [1.82, 2.24) is 45.0 Å². The van der Waals surface area contributed by atoms with Gasteiger partial charge < -0.3 is 39.2 Å². The maximum Gasteiger partial charge on any atom is 0.320 e. The van der Waals surface area contributed by atoms with Gasteiger partial charge in [0.15, 0.2) is 5.79 Å². The van der Waals surface area contributed by atoms with Gasteiger partial charge in [0.25, 0.3) is 5.91 Å². The van der Waals surface area contributed by atoms with Crippen LogP contribution in [0.2, 0.25) is 0 Å². The fourth-order valence-corrected chi connectivity index (χ4v) is 11.7. The van der Waals surface area contributed by atoms with Gasteiger partial charge in [0.2, 0.25) is 5.91 Å². The molecule has 1 aromatic carbocycles. The number of carbonyl (C=O) groups is 3. The molecule has 3 saturated heterocycles. The molecule has 6 bridgehead atoms.